The maximum absolute atomic E-state index is 12.8. The Morgan fingerprint density at radius 2 is 1.81 bits per heavy atom. The molecule has 2 heterocycles. The van der Waals surface area contributed by atoms with Crippen molar-refractivity contribution >= 4 is 28.3 Å². The number of anilines is 2. The van der Waals surface area contributed by atoms with E-state index in [4.69, 9.17) is 0 Å². The lowest BCUT2D eigenvalue weighted by Gasteiger charge is -2.18. The summed E-state index contributed by atoms with van der Waals surface area (Å²) in [7, 11) is 0. The van der Waals surface area contributed by atoms with Gasteiger partial charge in [-0.2, -0.15) is 0 Å². The molecule has 26 heavy (non-hydrogen) atoms. The Hall–Kier alpha value is -2.80. The molecular formula is C19H21N5OS. The van der Waals surface area contributed by atoms with Crippen LogP contribution in [0.4, 0.5) is 11.1 Å². The lowest BCUT2D eigenvalue weighted by Crippen LogP contribution is -2.37. The van der Waals surface area contributed by atoms with Crippen molar-refractivity contribution in [2.45, 2.75) is 33.2 Å². The predicted octanol–water partition coefficient (Wildman–Crippen LogP) is 3.52. The molecule has 0 aliphatic carbocycles. The molecule has 0 aliphatic heterocycles. The fraction of sp³-hybridized carbons (Fsp3) is 0.263. The van der Waals surface area contributed by atoms with E-state index >= 15 is 0 Å². The van der Waals surface area contributed by atoms with Crippen LogP contribution in [0.2, 0.25) is 0 Å². The third-order valence-electron chi connectivity index (χ3n) is 3.74. The van der Waals surface area contributed by atoms with E-state index in [-0.39, 0.29) is 5.91 Å². The van der Waals surface area contributed by atoms with E-state index in [1.807, 2.05) is 57.2 Å². The van der Waals surface area contributed by atoms with E-state index < -0.39 is 6.04 Å². The van der Waals surface area contributed by atoms with Gasteiger partial charge in [-0.25, -0.2) is 15.0 Å². The van der Waals surface area contributed by atoms with Crippen molar-refractivity contribution in [3.63, 3.8) is 0 Å². The molecule has 6 nitrogen and oxygen atoms in total. The largest absolute Gasteiger partial charge is 0.342 e. The predicted molar refractivity (Wildman–Crippen MR) is 105 cm³/mol. The molecule has 0 fully saturated rings. The van der Waals surface area contributed by atoms with Crippen molar-refractivity contribution in [3.05, 3.63) is 64.4 Å². The molecule has 0 saturated heterocycles. The molecule has 0 spiro atoms. The molecule has 1 aromatic carbocycles. The summed E-state index contributed by atoms with van der Waals surface area (Å²) in [6.07, 6.45) is 2.26. The number of hydrogen-bond acceptors (Lipinski definition) is 6. The van der Waals surface area contributed by atoms with Gasteiger partial charge in [0.15, 0.2) is 5.13 Å². The molecule has 2 N–H and O–H groups in total. The van der Waals surface area contributed by atoms with Gasteiger partial charge in [0.25, 0.3) is 0 Å². The number of carbonyl (C=O) groups excluding carboxylic acids is 1. The first-order valence-electron chi connectivity index (χ1n) is 8.35. The number of nitrogens with zero attached hydrogens (tertiary/aromatic N) is 3. The molecule has 3 aromatic rings. The van der Waals surface area contributed by atoms with E-state index in [1.165, 1.54) is 11.3 Å². The molecule has 3 rings (SSSR count). The summed E-state index contributed by atoms with van der Waals surface area (Å²) in [5.74, 6) is 0.292. The molecule has 2 aromatic heterocycles. The Balaban J connectivity index is 1.81. The van der Waals surface area contributed by atoms with E-state index in [0.29, 0.717) is 17.5 Å². The van der Waals surface area contributed by atoms with Crippen LogP contribution in [-0.2, 0) is 11.2 Å². The highest BCUT2D eigenvalue weighted by Gasteiger charge is 2.21. The van der Waals surface area contributed by atoms with Crippen molar-refractivity contribution in [2.24, 2.45) is 0 Å². The molecule has 0 radical (unpaired) electrons. The molecule has 7 heteroatoms. The number of hydrogen-bond donors (Lipinski definition) is 2. The maximum atomic E-state index is 12.8. The van der Waals surface area contributed by atoms with Crippen LogP contribution in [-0.4, -0.2) is 26.9 Å². The smallest absolute Gasteiger partial charge is 0.249 e. The second kappa shape index (κ2) is 8.05. The first-order valence-corrected chi connectivity index (χ1v) is 9.17. The Morgan fingerprint density at radius 1 is 1.12 bits per heavy atom. The van der Waals surface area contributed by atoms with Crippen LogP contribution in [0.5, 0.6) is 0 Å². The monoisotopic (exact) mass is 367 g/mol. The van der Waals surface area contributed by atoms with Gasteiger partial charge in [-0.1, -0.05) is 30.3 Å². The number of nitrogens with one attached hydrogen (secondary N) is 2. The van der Waals surface area contributed by atoms with Crippen LogP contribution < -0.4 is 10.6 Å². The lowest BCUT2D eigenvalue weighted by molar-refractivity contribution is -0.116. The molecule has 1 unspecified atom stereocenters. The minimum Gasteiger partial charge on any atom is -0.342 e. The summed E-state index contributed by atoms with van der Waals surface area (Å²) < 4.78 is 0. The van der Waals surface area contributed by atoms with Gasteiger partial charge in [-0.05, 0) is 32.4 Å². The first-order chi connectivity index (χ1) is 12.5. The molecule has 0 aliphatic rings. The highest BCUT2D eigenvalue weighted by Crippen LogP contribution is 2.18. The number of benzene rings is 1. The molecular weight excluding hydrogens is 346 g/mol. The van der Waals surface area contributed by atoms with Crippen molar-refractivity contribution in [2.75, 3.05) is 10.6 Å². The molecule has 1 amide bonds. The Kier molecular flexibility index (Phi) is 5.58. The molecule has 1 atom stereocenters. The number of carbonyl (C=O) groups is 1. The minimum absolute atomic E-state index is 0.161. The standard InChI is InChI=1S/C19H21N5OS/c1-12-9-13(2)22-18(21-12)23-16(10-15-7-5-4-6-8-15)17(25)24-19-20-11-14(3)26-19/h4-9,11,16H,10H2,1-3H3,(H,20,24,25)(H,21,22,23). The third kappa shape index (κ3) is 4.86. The summed E-state index contributed by atoms with van der Waals surface area (Å²) in [5.41, 5.74) is 2.77. The zero-order chi connectivity index (χ0) is 18.5. The first kappa shape index (κ1) is 18.0. The van der Waals surface area contributed by atoms with Crippen LogP contribution in [0, 0.1) is 20.8 Å². The van der Waals surface area contributed by atoms with Gasteiger partial charge in [0.05, 0.1) is 0 Å². The van der Waals surface area contributed by atoms with Gasteiger partial charge in [-0.3, -0.25) is 4.79 Å². The average molecular weight is 367 g/mol. The van der Waals surface area contributed by atoms with Crippen molar-refractivity contribution in [3.8, 4) is 0 Å². The normalized spacial score (nSPS) is 11.8. The second-order valence-corrected chi connectivity index (χ2v) is 7.36. The summed E-state index contributed by atoms with van der Waals surface area (Å²) in [6.45, 7) is 5.77. The Morgan fingerprint density at radius 3 is 2.42 bits per heavy atom. The van der Waals surface area contributed by atoms with E-state index in [9.17, 15) is 4.79 Å². The Bertz CT molecular complexity index is 874. The van der Waals surface area contributed by atoms with Crippen molar-refractivity contribution < 1.29 is 4.79 Å². The van der Waals surface area contributed by atoms with Crippen LogP contribution in [0.25, 0.3) is 0 Å². The van der Waals surface area contributed by atoms with E-state index in [1.54, 1.807) is 6.20 Å². The average Bonchev–Trinajstić information content (AvgIpc) is 2.99. The lowest BCUT2D eigenvalue weighted by atomic mass is 10.1. The summed E-state index contributed by atoms with van der Waals surface area (Å²) in [4.78, 5) is 26.9. The van der Waals surface area contributed by atoms with Gasteiger partial charge < -0.3 is 10.6 Å². The van der Waals surface area contributed by atoms with Crippen molar-refractivity contribution in [1.29, 1.82) is 0 Å². The topological polar surface area (TPSA) is 79.8 Å². The van der Waals surface area contributed by atoms with Gasteiger partial charge in [0.2, 0.25) is 11.9 Å². The second-order valence-electron chi connectivity index (χ2n) is 6.13. The maximum Gasteiger partial charge on any atom is 0.249 e. The van der Waals surface area contributed by atoms with Gasteiger partial charge >= 0.3 is 0 Å². The van der Waals surface area contributed by atoms with Gasteiger partial charge in [-0.15, -0.1) is 11.3 Å². The highest BCUT2D eigenvalue weighted by atomic mass is 32.1. The molecule has 0 saturated carbocycles. The number of aryl methyl sites for hydroxylation is 3. The SMILES string of the molecule is Cc1cc(C)nc(NC(Cc2ccccc2)C(=O)Nc2ncc(C)s2)n1. The number of rotatable bonds is 6. The fourth-order valence-electron chi connectivity index (χ4n) is 2.61. The van der Waals surface area contributed by atoms with E-state index in [2.05, 4.69) is 25.6 Å². The third-order valence-corrected chi connectivity index (χ3v) is 4.56. The fourth-order valence-corrected chi connectivity index (χ4v) is 3.28. The zero-order valence-electron chi connectivity index (χ0n) is 15.0. The van der Waals surface area contributed by atoms with Crippen LogP contribution in [0.15, 0.2) is 42.6 Å². The van der Waals surface area contributed by atoms with E-state index in [0.717, 1.165) is 21.8 Å². The van der Waals surface area contributed by atoms with Gasteiger partial charge in [0, 0.05) is 28.9 Å². The molecule has 0 bridgehead atoms. The Labute approximate surface area is 156 Å². The zero-order valence-corrected chi connectivity index (χ0v) is 15.8. The van der Waals surface area contributed by atoms with Crippen LogP contribution in [0.3, 0.4) is 0 Å². The quantitative estimate of drug-likeness (QED) is 0.697. The molecule has 134 valence electrons. The number of amides is 1. The van der Waals surface area contributed by atoms with Crippen LogP contribution in [0.1, 0.15) is 21.8 Å². The number of thiazole rings is 1. The van der Waals surface area contributed by atoms with Gasteiger partial charge in [0.1, 0.15) is 6.04 Å². The van der Waals surface area contributed by atoms with Crippen LogP contribution >= 0.6 is 11.3 Å². The van der Waals surface area contributed by atoms with Crippen molar-refractivity contribution in [1.82, 2.24) is 15.0 Å². The summed E-state index contributed by atoms with van der Waals surface area (Å²) in [5, 5.41) is 6.65. The highest BCUT2D eigenvalue weighted by molar-refractivity contribution is 7.15. The summed E-state index contributed by atoms with van der Waals surface area (Å²) >= 11 is 1.45. The number of aromatic nitrogens is 3. The minimum atomic E-state index is -0.511. The summed E-state index contributed by atoms with van der Waals surface area (Å²) in [6, 6.07) is 11.3.